The molecule has 1 N–H and O–H groups in total. The Labute approximate surface area is 170 Å². The van der Waals surface area contributed by atoms with Crippen LogP contribution in [0.25, 0.3) is 0 Å². The second-order valence-corrected chi connectivity index (χ2v) is 8.63. The van der Waals surface area contributed by atoms with Crippen molar-refractivity contribution in [3.05, 3.63) is 77.6 Å². The number of hydrogen-bond acceptors (Lipinski definition) is 5. The summed E-state index contributed by atoms with van der Waals surface area (Å²) in [6.07, 6.45) is 2.38. The number of sulfonamides is 1. The first-order chi connectivity index (χ1) is 14.0. The largest absolute Gasteiger partial charge is 0.497 e. The molecule has 0 saturated heterocycles. The maximum Gasteiger partial charge on any atom is 0.240 e. The van der Waals surface area contributed by atoms with E-state index in [0.29, 0.717) is 18.9 Å². The maximum atomic E-state index is 12.6. The SMILES string of the molecule is COc1ccc(S(=O)(=O)NCC2OCCc3cn(Cc4ccccc4)nc32)cc1. The van der Waals surface area contributed by atoms with Crippen LogP contribution in [0.4, 0.5) is 0 Å². The van der Waals surface area contributed by atoms with Crippen LogP contribution >= 0.6 is 0 Å². The van der Waals surface area contributed by atoms with Crippen molar-refractivity contribution in [2.24, 2.45) is 0 Å². The zero-order valence-electron chi connectivity index (χ0n) is 16.1. The molecule has 0 saturated carbocycles. The lowest BCUT2D eigenvalue weighted by Crippen LogP contribution is -2.32. The first-order valence-electron chi connectivity index (χ1n) is 9.40. The number of aromatic nitrogens is 2. The molecule has 0 aliphatic carbocycles. The molecule has 1 atom stereocenters. The molecule has 0 bridgehead atoms. The second kappa shape index (κ2) is 8.36. The number of benzene rings is 2. The molecule has 152 valence electrons. The summed E-state index contributed by atoms with van der Waals surface area (Å²) in [5, 5.41) is 4.66. The van der Waals surface area contributed by atoms with Crippen LogP contribution in [0.1, 0.15) is 22.9 Å². The number of nitrogens with one attached hydrogen (secondary N) is 1. The van der Waals surface area contributed by atoms with Gasteiger partial charge in [-0.2, -0.15) is 5.10 Å². The highest BCUT2D eigenvalue weighted by atomic mass is 32.2. The van der Waals surface area contributed by atoms with E-state index in [-0.39, 0.29) is 11.4 Å². The summed E-state index contributed by atoms with van der Waals surface area (Å²) in [6, 6.07) is 16.4. The molecule has 29 heavy (non-hydrogen) atoms. The van der Waals surface area contributed by atoms with Crippen LogP contribution in [-0.4, -0.2) is 38.5 Å². The van der Waals surface area contributed by atoms with E-state index < -0.39 is 16.1 Å². The zero-order chi connectivity index (χ0) is 20.3. The Balaban J connectivity index is 1.46. The highest BCUT2D eigenvalue weighted by Gasteiger charge is 2.26. The summed E-state index contributed by atoms with van der Waals surface area (Å²) in [5.74, 6) is 0.605. The summed E-state index contributed by atoms with van der Waals surface area (Å²) >= 11 is 0. The third-order valence-electron chi connectivity index (χ3n) is 4.88. The van der Waals surface area contributed by atoms with Crippen LogP contribution < -0.4 is 9.46 Å². The third kappa shape index (κ3) is 4.50. The van der Waals surface area contributed by atoms with Gasteiger partial charge in [0.25, 0.3) is 0 Å². The van der Waals surface area contributed by atoms with Gasteiger partial charge in [-0.1, -0.05) is 30.3 Å². The third-order valence-corrected chi connectivity index (χ3v) is 6.32. The first kappa shape index (κ1) is 19.6. The van der Waals surface area contributed by atoms with E-state index in [2.05, 4.69) is 22.0 Å². The number of ether oxygens (including phenoxy) is 2. The molecule has 2 heterocycles. The van der Waals surface area contributed by atoms with Crippen molar-refractivity contribution < 1.29 is 17.9 Å². The second-order valence-electron chi connectivity index (χ2n) is 6.86. The molecule has 0 spiro atoms. The Hall–Kier alpha value is -2.68. The van der Waals surface area contributed by atoms with E-state index >= 15 is 0 Å². The minimum Gasteiger partial charge on any atom is -0.497 e. The maximum absolute atomic E-state index is 12.6. The summed E-state index contributed by atoms with van der Waals surface area (Å²) < 4.78 is 40.6. The van der Waals surface area contributed by atoms with Gasteiger partial charge in [0.2, 0.25) is 10.0 Å². The van der Waals surface area contributed by atoms with Gasteiger partial charge in [-0.25, -0.2) is 13.1 Å². The van der Waals surface area contributed by atoms with Crippen molar-refractivity contribution in [2.75, 3.05) is 20.3 Å². The molecule has 1 aliphatic rings. The van der Waals surface area contributed by atoms with Gasteiger partial charge in [0, 0.05) is 12.7 Å². The minimum atomic E-state index is -3.65. The monoisotopic (exact) mass is 413 g/mol. The molecule has 3 aromatic rings. The lowest BCUT2D eigenvalue weighted by molar-refractivity contribution is 0.0430. The number of nitrogens with zero attached hydrogens (tertiary/aromatic N) is 2. The van der Waals surface area contributed by atoms with E-state index in [1.165, 1.54) is 19.2 Å². The van der Waals surface area contributed by atoms with Crippen molar-refractivity contribution in [1.82, 2.24) is 14.5 Å². The van der Waals surface area contributed by atoms with Crippen LogP contribution in [0.3, 0.4) is 0 Å². The number of methoxy groups -OCH3 is 1. The predicted molar refractivity (Wildman–Crippen MR) is 108 cm³/mol. The fraction of sp³-hybridized carbons (Fsp3) is 0.286. The topological polar surface area (TPSA) is 82.5 Å². The van der Waals surface area contributed by atoms with E-state index in [1.54, 1.807) is 12.1 Å². The fourth-order valence-corrected chi connectivity index (χ4v) is 4.39. The van der Waals surface area contributed by atoms with Crippen LogP contribution in [0, 0.1) is 0 Å². The molecule has 1 unspecified atom stereocenters. The van der Waals surface area contributed by atoms with E-state index in [1.807, 2.05) is 29.1 Å². The summed E-state index contributed by atoms with van der Waals surface area (Å²) in [6.45, 7) is 1.33. The Morgan fingerprint density at radius 2 is 1.93 bits per heavy atom. The average Bonchev–Trinajstić information content (AvgIpc) is 3.16. The number of fused-ring (bicyclic) bond motifs is 1. The molecule has 0 fully saturated rings. The molecule has 1 aliphatic heterocycles. The molecular weight excluding hydrogens is 390 g/mol. The molecular formula is C21H23N3O4S. The van der Waals surface area contributed by atoms with Gasteiger partial charge in [-0.15, -0.1) is 0 Å². The molecule has 0 amide bonds. The van der Waals surface area contributed by atoms with Crippen molar-refractivity contribution in [1.29, 1.82) is 0 Å². The number of hydrogen-bond donors (Lipinski definition) is 1. The molecule has 8 heteroatoms. The molecule has 4 rings (SSSR count). The Morgan fingerprint density at radius 1 is 1.17 bits per heavy atom. The van der Waals surface area contributed by atoms with Crippen molar-refractivity contribution in [3.8, 4) is 5.75 Å². The molecule has 0 radical (unpaired) electrons. The van der Waals surface area contributed by atoms with Crippen molar-refractivity contribution >= 4 is 10.0 Å². The predicted octanol–water partition coefficient (Wildman–Crippen LogP) is 2.53. The summed E-state index contributed by atoms with van der Waals surface area (Å²) in [4.78, 5) is 0.184. The quantitative estimate of drug-likeness (QED) is 0.644. The van der Waals surface area contributed by atoms with E-state index in [9.17, 15) is 8.42 Å². The highest BCUT2D eigenvalue weighted by molar-refractivity contribution is 7.89. The van der Waals surface area contributed by atoms with Gasteiger partial charge < -0.3 is 9.47 Å². The van der Waals surface area contributed by atoms with E-state index in [0.717, 1.165) is 23.2 Å². The van der Waals surface area contributed by atoms with Gasteiger partial charge in [-0.05, 0) is 41.8 Å². The minimum absolute atomic E-state index is 0.129. The van der Waals surface area contributed by atoms with Crippen molar-refractivity contribution in [2.45, 2.75) is 24.0 Å². The van der Waals surface area contributed by atoms with E-state index in [4.69, 9.17) is 9.47 Å². The van der Waals surface area contributed by atoms with Gasteiger partial charge in [0.1, 0.15) is 11.9 Å². The average molecular weight is 413 g/mol. The van der Waals surface area contributed by atoms with Crippen LogP contribution in [0.5, 0.6) is 5.75 Å². The summed E-state index contributed by atoms with van der Waals surface area (Å²) in [7, 11) is -2.11. The lowest BCUT2D eigenvalue weighted by Gasteiger charge is -2.22. The smallest absolute Gasteiger partial charge is 0.240 e. The summed E-state index contributed by atoms with van der Waals surface area (Å²) in [5.41, 5.74) is 3.05. The van der Waals surface area contributed by atoms with Crippen LogP contribution in [0.15, 0.2) is 65.7 Å². The normalized spacial score (nSPS) is 16.4. The van der Waals surface area contributed by atoms with Crippen LogP contribution in [-0.2, 0) is 27.7 Å². The Morgan fingerprint density at radius 3 is 2.66 bits per heavy atom. The highest BCUT2D eigenvalue weighted by Crippen LogP contribution is 2.26. The van der Waals surface area contributed by atoms with Gasteiger partial charge >= 0.3 is 0 Å². The van der Waals surface area contributed by atoms with Crippen LogP contribution in [0.2, 0.25) is 0 Å². The Kier molecular flexibility index (Phi) is 5.66. The fourth-order valence-electron chi connectivity index (χ4n) is 3.36. The number of rotatable bonds is 7. The molecule has 1 aromatic heterocycles. The van der Waals surface area contributed by atoms with Gasteiger partial charge in [0.05, 0.1) is 30.9 Å². The molecule has 2 aromatic carbocycles. The van der Waals surface area contributed by atoms with Gasteiger partial charge in [-0.3, -0.25) is 4.68 Å². The lowest BCUT2D eigenvalue weighted by atomic mass is 10.1. The standard InChI is InChI=1S/C21H23N3O4S/c1-27-18-7-9-19(10-8-18)29(25,26)22-13-20-21-17(11-12-28-20)15-24(23-21)14-16-5-3-2-4-6-16/h2-10,15,20,22H,11-14H2,1H3. The zero-order valence-corrected chi connectivity index (χ0v) is 16.9. The molecule has 7 nitrogen and oxygen atoms in total. The Bertz CT molecular complexity index is 1060. The first-order valence-corrected chi connectivity index (χ1v) is 10.9. The van der Waals surface area contributed by atoms with Crippen molar-refractivity contribution in [3.63, 3.8) is 0 Å². The van der Waals surface area contributed by atoms with Gasteiger partial charge in [0.15, 0.2) is 0 Å².